The normalized spacial score (nSPS) is 21.4. The molecule has 3 rings (SSSR count). The third kappa shape index (κ3) is 2.61. The average molecular weight is 276 g/mol. The number of carbonyl (C=O) groups is 2. The molecule has 0 amide bonds. The van der Waals surface area contributed by atoms with Crippen molar-refractivity contribution in [2.45, 2.75) is 31.8 Å². The van der Waals surface area contributed by atoms with Gasteiger partial charge in [0.1, 0.15) is 13.2 Å². The largest absolute Gasteiger partial charge is 0.486 e. The lowest BCUT2D eigenvalue weighted by atomic mass is 9.96. The van der Waals surface area contributed by atoms with E-state index in [4.69, 9.17) is 14.2 Å². The zero-order valence-electron chi connectivity index (χ0n) is 11.1. The Balaban J connectivity index is 1.72. The molecule has 2 aliphatic rings. The van der Waals surface area contributed by atoms with E-state index in [1.54, 1.807) is 18.2 Å². The molecule has 1 aliphatic heterocycles. The molecule has 1 aromatic carbocycles. The fraction of sp³-hybridized carbons (Fsp3) is 0.467. The second kappa shape index (κ2) is 5.53. The molecule has 1 aliphatic carbocycles. The smallest absolute Gasteiger partial charge is 0.338 e. The van der Waals surface area contributed by atoms with E-state index in [9.17, 15) is 9.59 Å². The lowest BCUT2D eigenvalue weighted by Gasteiger charge is -2.21. The van der Waals surface area contributed by atoms with Crippen molar-refractivity contribution in [3.63, 3.8) is 0 Å². The molecule has 0 spiro atoms. The Morgan fingerprint density at radius 1 is 1.15 bits per heavy atom. The molecule has 0 radical (unpaired) electrons. The van der Waals surface area contributed by atoms with Gasteiger partial charge in [-0.2, -0.15) is 0 Å². The van der Waals surface area contributed by atoms with Crippen molar-refractivity contribution >= 4 is 11.8 Å². The second-order valence-electron chi connectivity index (χ2n) is 4.96. The van der Waals surface area contributed by atoms with E-state index in [2.05, 4.69) is 0 Å². The first-order valence-corrected chi connectivity index (χ1v) is 6.87. The van der Waals surface area contributed by atoms with Gasteiger partial charge in [-0.05, 0) is 37.5 Å². The first kappa shape index (κ1) is 13.0. The second-order valence-corrected chi connectivity index (χ2v) is 4.96. The minimum absolute atomic E-state index is 0.0159. The van der Waals surface area contributed by atoms with Crippen molar-refractivity contribution in [2.24, 2.45) is 0 Å². The fourth-order valence-electron chi connectivity index (χ4n) is 2.44. The summed E-state index contributed by atoms with van der Waals surface area (Å²) in [6.45, 7) is 0.972. The highest BCUT2D eigenvalue weighted by Crippen LogP contribution is 2.31. The van der Waals surface area contributed by atoms with Gasteiger partial charge >= 0.3 is 5.97 Å². The molecule has 1 heterocycles. The topological polar surface area (TPSA) is 61.8 Å². The number of ketones is 1. The summed E-state index contributed by atoms with van der Waals surface area (Å²) in [7, 11) is 0. The third-order valence-corrected chi connectivity index (χ3v) is 3.53. The Kier molecular flexibility index (Phi) is 3.58. The molecule has 1 fully saturated rings. The molecule has 5 nitrogen and oxygen atoms in total. The first-order chi connectivity index (χ1) is 9.74. The zero-order valence-corrected chi connectivity index (χ0v) is 11.1. The number of benzene rings is 1. The Bertz CT molecular complexity index is 537. The monoisotopic (exact) mass is 276 g/mol. The number of hydrogen-bond donors (Lipinski definition) is 0. The molecule has 1 atom stereocenters. The molecule has 106 valence electrons. The minimum atomic E-state index is -0.593. The molecule has 5 heteroatoms. The van der Waals surface area contributed by atoms with Crippen molar-refractivity contribution in [1.82, 2.24) is 0 Å². The van der Waals surface area contributed by atoms with Gasteiger partial charge in [0.25, 0.3) is 0 Å². The van der Waals surface area contributed by atoms with Gasteiger partial charge < -0.3 is 14.2 Å². The fourth-order valence-corrected chi connectivity index (χ4v) is 2.44. The molecule has 20 heavy (non-hydrogen) atoms. The Morgan fingerprint density at radius 2 is 1.95 bits per heavy atom. The maximum atomic E-state index is 12.1. The quantitative estimate of drug-likeness (QED) is 0.774. The van der Waals surface area contributed by atoms with Crippen LogP contribution in [0.5, 0.6) is 11.5 Å². The molecule has 1 aromatic rings. The Labute approximate surface area is 116 Å². The lowest BCUT2D eigenvalue weighted by Crippen LogP contribution is -2.30. The van der Waals surface area contributed by atoms with E-state index < -0.39 is 12.1 Å². The van der Waals surface area contributed by atoms with Crippen LogP contribution in [-0.4, -0.2) is 31.1 Å². The molecular formula is C15H16O5. The number of hydrogen-bond acceptors (Lipinski definition) is 5. The van der Waals surface area contributed by atoms with Crippen LogP contribution in [0.2, 0.25) is 0 Å². The van der Waals surface area contributed by atoms with Crippen LogP contribution in [0, 0.1) is 0 Å². The predicted octanol–water partition coefficient (Wildman–Crippen LogP) is 2.13. The van der Waals surface area contributed by atoms with Crippen LogP contribution in [0.3, 0.4) is 0 Å². The molecule has 0 aromatic heterocycles. The van der Waals surface area contributed by atoms with E-state index in [0.29, 0.717) is 43.1 Å². The summed E-state index contributed by atoms with van der Waals surface area (Å²) in [6, 6.07) is 4.92. The van der Waals surface area contributed by atoms with Crippen molar-refractivity contribution in [2.75, 3.05) is 13.2 Å². The van der Waals surface area contributed by atoms with Crippen LogP contribution in [0.25, 0.3) is 0 Å². The summed E-state index contributed by atoms with van der Waals surface area (Å²) >= 11 is 0. The summed E-state index contributed by atoms with van der Waals surface area (Å²) in [6.07, 6.45) is 2.33. The molecule has 1 unspecified atom stereocenters. The van der Waals surface area contributed by atoms with Crippen molar-refractivity contribution in [3.05, 3.63) is 23.8 Å². The van der Waals surface area contributed by atoms with Gasteiger partial charge in [-0.1, -0.05) is 0 Å². The number of Topliss-reactive ketones (excluding diaryl/α,β-unsaturated/α-hetero) is 1. The third-order valence-electron chi connectivity index (χ3n) is 3.53. The van der Waals surface area contributed by atoms with Gasteiger partial charge in [0, 0.05) is 6.42 Å². The summed E-state index contributed by atoms with van der Waals surface area (Å²) in [4.78, 5) is 23.7. The zero-order chi connectivity index (χ0) is 13.9. The Morgan fingerprint density at radius 3 is 2.75 bits per heavy atom. The highest BCUT2D eigenvalue weighted by atomic mass is 16.6. The number of rotatable bonds is 2. The lowest BCUT2D eigenvalue weighted by molar-refractivity contribution is -0.129. The van der Waals surface area contributed by atoms with Gasteiger partial charge in [0.05, 0.1) is 5.56 Å². The maximum Gasteiger partial charge on any atom is 0.338 e. The van der Waals surface area contributed by atoms with Crippen LogP contribution in [0.15, 0.2) is 18.2 Å². The van der Waals surface area contributed by atoms with E-state index in [0.717, 1.165) is 12.8 Å². The number of fused-ring (bicyclic) bond motifs is 1. The van der Waals surface area contributed by atoms with Gasteiger partial charge in [-0.3, -0.25) is 4.79 Å². The number of esters is 1. The van der Waals surface area contributed by atoms with Crippen LogP contribution >= 0.6 is 0 Å². The highest BCUT2D eigenvalue weighted by Gasteiger charge is 2.26. The standard InChI is InChI=1S/C15H16O5/c16-11-3-1-2-4-12(11)20-15(17)10-5-6-13-14(9-10)19-8-7-18-13/h5-6,9,12H,1-4,7-8H2. The van der Waals surface area contributed by atoms with Crippen molar-refractivity contribution in [3.8, 4) is 11.5 Å². The average Bonchev–Trinajstić information content (AvgIpc) is 2.49. The van der Waals surface area contributed by atoms with E-state index in [1.165, 1.54) is 0 Å². The number of ether oxygens (including phenoxy) is 3. The minimum Gasteiger partial charge on any atom is -0.486 e. The molecule has 0 bridgehead atoms. The first-order valence-electron chi connectivity index (χ1n) is 6.87. The predicted molar refractivity (Wildman–Crippen MR) is 70.1 cm³/mol. The van der Waals surface area contributed by atoms with Crippen LogP contribution in [0.4, 0.5) is 0 Å². The molecule has 0 saturated heterocycles. The Hall–Kier alpha value is -2.04. The van der Waals surface area contributed by atoms with Crippen LogP contribution in [-0.2, 0) is 9.53 Å². The summed E-state index contributed by atoms with van der Waals surface area (Å²) in [5.74, 6) is 0.701. The van der Waals surface area contributed by atoms with E-state index in [-0.39, 0.29) is 5.78 Å². The van der Waals surface area contributed by atoms with E-state index in [1.807, 2.05) is 0 Å². The molecule has 0 N–H and O–H groups in total. The number of carbonyl (C=O) groups excluding carboxylic acids is 2. The van der Waals surface area contributed by atoms with Crippen LogP contribution in [0.1, 0.15) is 36.0 Å². The van der Waals surface area contributed by atoms with Gasteiger partial charge in [0.2, 0.25) is 0 Å². The van der Waals surface area contributed by atoms with E-state index >= 15 is 0 Å². The van der Waals surface area contributed by atoms with Gasteiger partial charge in [-0.25, -0.2) is 4.79 Å². The van der Waals surface area contributed by atoms with Crippen LogP contribution < -0.4 is 9.47 Å². The van der Waals surface area contributed by atoms with Gasteiger partial charge in [0.15, 0.2) is 23.4 Å². The summed E-state index contributed by atoms with van der Waals surface area (Å²) in [5, 5.41) is 0. The summed E-state index contributed by atoms with van der Waals surface area (Å²) < 4.78 is 16.1. The maximum absolute atomic E-state index is 12.1. The van der Waals surface area contributed by atoms with Crippen molar-refractivity contribution < 1.29 is 23.8 Å². The van der Waals surface area contributed by atoms with Gasteiger partial charge in [-0.15, -0.1) is 0 Å². The van der Waals surface area contributed by atoms with Crippen molar-refractivity contribution in [1.29, 1.82) is 0 Å². The SMILES string of the molecule is O=C(OC1CCCCC1=O)c1ccc2c(c1)OCCO2. The molecule has 1 saturated carbocycles. The molecular weight excluding hydrogens is 260 g/mol. The summed E-state index contributed by atoms with van der Waals surface area (Å²) in [5.41, 5.74) is 0.382. The highest BCUT2D eigenvalue weighted by molar-refractivity contribution is 5.93.